The maximum atomic E-state index is 5.67. The van der Waals surface area contributed by atoms with Crippen LogP contribution in [-0.4, -0.2) is 12.5 Å². The maximum absolute atomic E-state index is 5.67. The third-order valence-corrected chi connectivity index (χ3v) is 2.81. The third-order valence-electron chi connectivity index (χ3n) is 1.62. The molecule has 1 aromatic rings. The average Bonchev–Trinajstić information content (AvgIpc) is 2.16. The molecule has 0 aromatic heterocycles. The van der Waals surface area contributed by atoms with Gasteiger partial charge in [0.25, 0.3) is 0 Å². The van der Waals surface area contributed by atoms with Crippen molar-refractivity contribution >= 4 is 27.5 Å². The van der Waals surface area contributed by atoms with Gasteiger partial charge in [0.1, 0.15) is 5.75 Å². The maximum Gasteiger partial charge on any atom is 0.133 e. The van der Waals surface area contributed by atoms with Gasteiger partial charge in [-0.25, -0.2) is 0 Å². The highest BCUT2D eigenvalue weighted by molar-refractivity contribution is 9.10. The summed E-state index contributed by atoms with van der Waals surface area (Å²) in [7, 11) is 0. The van der Waals surface area contributed by atoms with Crippen LogP contribution < -0.4 is 4.74 Å². The highest BCUT2D eigenvalue weighted by Crippen LogP contribution is 2.24. The van der Waals surface area contributed by atoms with E-state index < -0.39 is 0 Å². The Morgan fingerprint density at radius 3 is 2.77 bits per heavy atom. The Morgan fingerprint density at radius 2 is 2.15 bits per heavy atom. The molecule has 0 aliphatic rings. The quantitative estimate of drug-likeness (QED) is 0.753. The SMILES string of the molecule is C[C@H](CCl)COc1ccccc1Br. The van der Waals surface area contributed by atoms with Crippen molar-refractivity contribution in [2.24, 2.45) is 5.92 Å². The lowest BCUT2D eigenvalue weighted by atomic mass is 10.2. The number of para-hydroxylation sites is 1. The zero-order valence-corrected chi connectivity index (χ0v) is 9.81. The summed E-state index contributed by atoms with van der Waals surface area (Å²) in [5, 5.41) is 0. The summed E-state index contributed by atoms with van der Waals surface area (Å²) in [6.07, 6.45) is 0. The molecule has 13 heavy (non-hydrogen) atoms. The molecule has 0 amide bonds. The Kier molecular flexibility index (Phi) is 4.60. The van der Waals surface area contributed by atoms with E-state index in [0.29, 0.717) is 18.4 Å². The molecule has 0 saturated carbocycles. The molecule has 3 heteroatoms. The first kappa shape index (κ1) is 10.9. The summed E-state index contributed by atoms with van der Waals surface area (Å²) < 4.78 is 6.54. The Morgan fingerprint density at radius 1 is 1.46 bits per heavy atom. The van der Waals surface area contributed by atoms with Crippen LogP contribution in [0.5, 0.6) is 5.75 Å². The van der Waals surface area contributed by atoms with Crippen molar-refractivity contribution in [2.45, 2.75) is 6.92 Å². The van der Waals surface area contributed by atoms with Gasteiger partial charge in [-0.1, -0.05) is 19.1 Å². The Hall–Kier alpha value is -0.210. The molecule has 0 fully saturated rings. The first-order valence-electron chi connectivity index (χ1n) is 4.17. The van der Waals surface area contributed by atoms with Crippen molar-refractivity contribution in [3.05, 3.63) is 28.7 Å². The van der Waals surface area contributed by atoms with E-state index in [1.807, 2.05) is 24.3 Å². The molecular weight excluding hydrogens is 251 g/mol. The van der Waals surface area contributed by atoms with Crippen LogP contribution in [-0.2, 0) is 0 Å². The van der Waals surface area contributed by atoms with Crippen LogP contribution in [0.3, 0.4) is 0 Å². The highest BCUT2D eigenvalue weighted by atomic mass is 79.9. The number of benzene rings is 1. The molecule has 1 rings (SSSR count). The molecular formula is C10H12BrClO. The summed E-state index contributed by atoms with van der Waals surface area (Å²) in [6.45, 7) is 2.72. The Bertz CT molecular complexity index is 265. The molecule has 72 valence electrons. The number of hydrogen-bond donors (Lipinski definition) is 0. The van der Waals surface area contributed by atoms with Gasteiger partial charge in [0.15, 0.2) is 0 Å². The van der Waals surface area contributed by atoms with Crippen LogP contribution in [0.15, 0.2) is 28.7 Å². The van der Waals surface area contributed by atoms with Crippen molar-refractivity contribution < 1.29 is 4.74 Å². The molecule has 0 unspecified atom stereocenters. The van der Waals surface area contributed by atoms with E-state index in [1.54, 1.807) is 0 Å². The average molecular weight is 264 g/mol. The second kappa shape index (κ2) is 5.51. The number of halogens is 2. The summed E-state index contributed by atoms with van der Waals surface area (Å²) in [6, 6.07) is 7.80. The van der Waals surface area contributed by atoms with Crippen molar-refractivity contribution in [1.82, 2.24) is 0 Å². The second-order valence-corrected chi connectivity index (χ2v) is 4.16. The van der Waals surface area contributed by atoms with E-state index in [9.17, 15) is 0 Å². The van der Waals surface area contributed by atoms with E-state index in [1.165, 1.54) is 0 Å². The fourth-order valence-electron chi connectivity index (χ4n) is 0.838. The third kappa shape index (κ3) is 3.57. The van der Waals surface area contributed by atoms with Crippen LogP contribution in [0.25, 0.3) is 0 Å². The standard InChI is InChI=1S/C10H12BrClO/c1-8(6-12)7-13-10-5-3-2-4-9(10)11/h2-5,8H,6-7H2,1H3/t8-/m1/s1. The van der Waals surface area contributed by atoms with Crippen LogP contribution in [0.2, 0.25) is 0 Å². The van der Waals surface area contributed by atoms with E-state index in [0.717, 1.165) is 10.2 Å². The van der Waals surface area contributed by atoms with Crippen LogP contribution in [0.1, 0.15) is 6.92 Å². The van der Waals surface area contributed by atoms with Crippen LogP contribution >= 0.6 is 27.5 Å². The molecule has 0 saturated heterocycles. The fraction of sp³-hybridized carbons (Fsp3) is 0.400. The molecule has 0 radical (unpaired) electrons. The molecule has 1 atom stereocenters. The van der Waals surface area contributed by atoms with E-state index >= 15 is 0 Å². The summed E-state index contributed by atoms with van der Waals surface area (Å²) >= 11 is 9.08. The lowest BCUT2D eigenvalue weighted by Crippen LogP contribution is -2.09. The lowest BCUT2D eigenvalue weighted by molar-refractivity contribution is 0.271. The van der Waals surface area contributed by atoms with Gasteiger partial charge in [-0.15, -0.1) is 11.6 Å². The van der Waals surface area contributed by atoms with Crippen molar-refractivity contribution in [1.29, 1.82) is 0 Å². The predicted octanol–water partition coefficient (Wildman–Crippen LogP) is 3.70. The Balaban J connectivity index is 2.50. The monoisotopic (exact) mass is 262 g/mol. The second-order valence-electron chi connectivity index (χ2n) is 3.00. The van der Waals surface area contributed by atoms with Gasteiger partial charge in [0, 0.05) is 11.8 Å². The number of rotatable bonds is 4. The number of alkyl halides is 1. The molecule has 1 nitrogen and oxygen atoms in total. The zero-order chi connectivity index (χ0) is 9.68. The molecule has 1 aromatic carbocycles. The predicted molar refractivity (Wildman–Crippen MR) is 59.5 cm³/mol. The molecule has 0 N–H and O–H groups in total. The normalized spacial score (nSPS) is 12.5. The van der Waals surface area contributed by atoms with Crippen molar-refractivity contribution in [3.8, 4) is 5.75 Å². The zero-order valence-electron chi connectivity index (χ0n) is 7.47. The summed E-state index contributed by atoms with van der Waals surface area (Å²) in [5.74, 6) is 1.89. The van der Waals surface area contributed by atoms with E-state index in [2.05, 4.69) is 22.9 Å². The molecule has 0 aliphatic heterocycles. The van der Waals surface area contributed by atoms with Gasteiger partial charge in [0.2, 0.25) is 0 Å². The van der Waals surface area contributed by atoms with Gasteiger partial charge in [-0.3, -0.25) is 0 Å². The largest absolute Gasteiger partial charge is 0.492 e. The minimum absolute atomic E-state index is 0.383. The minimum atomic E-state index is 0.383. The lowest BCUT2D eigenvalue weighted by Gasteiger charge is -2.10. The topological polar surface area (TPSA) is 9.23 Å². The molecule has 0 aliphatic carbocycles. The van der Waals surface area contributed by atoms with Crippen molar-refractivity contribution in [3.63, 3.8) is 0 Å². The highest BCUT2D eigenvalue weighted by Gasteiger charge is 2.03. The van der Waals surface area contributed by atoms with E-state index in [-0.39, 0.29) is 0 Å². The van der Waals surface area contributed by atoms with Gasteiger partial charge in [0.05, 0.1) is 11.1 Å². The summed E-state index contributed by atoms with van der Waals surface area (Å²) in [5.41, 5.74) is 0. The number of hydrogen-bond acceptors (Lipinski definition) is 1. The molecule has 0 heterocycles. The fourth-order valence-corrected chi connectivity index (χ4v) is 1.33. The van der Waals surface area contributed by atoms with Gasteiger partial charge < -0.3 is 4.74 Å². The summed E-state index contributed by atoms with van der Waals surface area (Å²) in [4.78, 5) is 0. The first-order valence-corrected chi connectivity index (χ1v) is 5.50. The van der Waals surface area contributed by atoms with Gasteiger partial charge in [-0.2, -0.15) is 0 Å². The smallest absolute Gasteiger partial charge is 0.133 e. The van der Waals surface area contributed by atoms with Gasteiger partial charge >= 0.3 is 0 Å². The van der Waals surface area contributed by atoms with E-state index in [4.69, 9.17) is 16.3 Å². The molecule has 0 spiro atoms. The Labute approximate surface area is 92.2 Å². The minimum Gasteiger partial charge on any atom is -0.492 e. The first-order chi connectivity index (χ1) is 6.24. The van der Waals surface area contributed by atoms with Crippen LogP contribution in [0.4, 0.5) is 0 Å². The van der Waals surface area contributed by atoms with Crippen LogP contribution in [0, 0.1) is 5.92 Å². The van der Waals surface area contributed by atoms with Gasteiger partial charge in [-0.05, 0) is 28.1 Å². The molecule has 0 bridgehead atoms. The number of ether oxygens (including phenoxy) is 1. The van der Waals surface area contributed by atoms with Crippen molar-refractivity contribution in [2.75, 3.05) is 12.5 Å².